The molecule has 0 saturated heterocycles. The topological polar surface area (TPSA) is 94.5 Å². The summed E-state index contributed by atoms with van der Waals surface area (Å²) in [5.41, 5.74) is 0. The molecule has 5 heteroatoms. The fraction of sp³-hybridized carbons (Fsp3) is 0. The van der Waals surface area contributed by atoms with Crippen molar-refractivity contribution in [1.82, 2.24) is 0 Å². The molecular formula is C2H12Fe2O3-2. The summed E-state index contributed by atoms with van der Waals surface area (Å²) in [4.78, 5) is 0. The Morgan fingerprint density at radius 2 is 0.429 bits per heavy atom. The summed E-state index contributed by atoms with van der Waals surface area (Å²) in [7, 11) is 0. The molecule has 0 aliphatic carbocycles. The first kappa shape index (κ1) is 449. The van der Waals surface area contributed by atoms with E-state index in [0.29, 0.717) is 0 Å². The minimum atomic E-state index is 0. The Hall–Kier alpha value is 0.919. The predicted molar refractivity (Wildman–Crippen MR) is 23.7 cm³/mol. The maximum Gasteiger partial charge on any atom is 0 e. The molecule has 0 fully saturated rings. The molecule has 0 radical (unpaired) electrons. The van der Waals surface area contributed by atoms with Crippen molar-refractivity contribution in [2.45, 2.75) is 0 Å². The average Bonchev–Trinajstić information content (AvgIpc) is 0. The third-order valence-corrected chi connectivity index (χ3v) is 0. The molecule has 0 rings (SSSR count). The van der Waals surface area contributed by atoms with E-state index in [-0.39, 0.29) is 65.4 Å². The molecule has 0 aromatic heterocycles. The molecule has 0 unspecified atom stereocenters. The Balaban J connectivity index is 0. The van der Waals surface area contributed by atoms with Gasteiger partial charge in [-0.25, -0.2) is 0 Å². The van der Waals surface area contributed by atoms with Gasteiger partial charge in [-0.3, -0.25) is 0 Å². The molecule has 0 aliphatic rings. The summed E-state index contributed by atoms with van der Waals surface area (Å²) in [5, 5.41) is 0. The van der Waals surface area contributed by atoms with Gasteiger partial charge in [-0.1, -0.05) is 0 Å². The van der Waals surface area contributed by atoms with Crippen molar-refractivity contribution in [1.29, 1.82) is 0 Å². The zero-order chi connectivity index (χ0) is 0. The molecule has 0 heterocycles. The van der Waals surface area contributed by atoms with E-state index in [1.807, 2.05) is 0 Å². The van der Waals surface area contributed by atoms with Crippen LogP contribution in [-0.4, -0.2) is 16.4 Å². The molecule has 0 saturated carbocycles. The van der Waals surface area contributed by atoms with E-state index in [9.17, 15) is 0 Å². The second-order valence-corrected chi connectivity index (χ2v) is 0. The first-order chi connectivity index (χ1) is 0. The van der Waals surface area contributed by atoms with E-state index in [2.05, 4.69) is 0 Å². The van der Waals surface area contributed by atoms with Crippen molar-refractivity contribution in [3.05, 3.63) is 14.9 Å². The van der Waals surface area contributed by atoms with Crippen molar-refractivity contribution in [2.75, 3.05) is 0 Å². The molecule has 56 valence electrons. The van der Waals surface area contributed by atoms with Gasteiger partial charge >= 0.3 is 0 Å². The molecule has 0 aromatic carbocycles. The van der Waals surface area contributed by atoms with Gasteiger partial charge in [0.15, 0.2) is 0 Å². The van der Waals surface area contributed by atoms with Gasteiger partial charge in [0, 0.05) is 34.1 Å². The average molecular weight is 196 g/mol. The summed E-state index contributed by atoms with van der Waals surface area (Å²) in [6, 6.07) is 0. The first-order valence-corrected chi connectivity index (χ1v) is 0. The van der Waals surface area contributed by atoms with Crippen molar-refractivity contribution in [3.8, 4) is 0 Å². The van der Waals surface area contributed by atoms with Crippen LogP contribution in [0.3, 0.4) is 0 Å². The summed E-state index contributed by atoms with van der Waals surface area (Å²) < 4.78 is 0. The molecule has 0 aromatic rings. The Bertz CT molecular complexity index is 10.9. The van der Waals surface area contributed by atoms with Gasteiger partial charge in [0.1, 0.15) is 0 Å². The maximum atomic E-state index is 0. The quantitative estimate of drug-likeness (QED) is 0.330. The Labute approximate surface area is 65.7 Å². The van der Waals surface area contributed by atoms with Crippen molar-refractivity contribution >= 4 is 0 Å². The molecule has 0 bridgehead atoms. The van der Waals surface area contributed by atoms with E-state index < -0.39 is 0 Å². The maximum absolute atomic E-state index is 0. The van der Waals surface area contributed by atoms with Gasteiger partial charge in [-0.05, 0) is 0 Å². The fourth-order valence-electron chi connectivity index (χ4n) is 0. The Morgan fingerprint density at radius 1 is 0.429 bits per heavy atom. The Morgan fingerprint density at radius 3 is 0.429 bits per heavy atom. The van der Waals surface area contributed by atoms with Gasteiger partial charge in [-0.15, -0.1) is 0 Å². The van der Waals surface area contributed by atoms with Crippen LogP contribution in [0.15, 0.2) is 0 Å². The van der Waals surface area contributed by atoms with Crippen molar-refractivity contribution in [3.63, 3.8) is 0 Å². The van der Waals surface area contributed by atoms with Crippen LogP contribution in [0, 0.1) is 14.9 Å². The fourth-order valence-corrected chi connectivity index (χ4v) is 0. The van der Waals surface area contributed by atoms with Crippen LogP contribution >= 0.6 is 0 Å². The summed E-state index contributed by atoms with van der Waals surface area (Å²) in [6.45, 7) is 0. The largest absolute Gasteiger partial charge is 0.412 e. The molecule has 7 heavy (non-hydrogen) atoms. The normalized spacial score (nSPS) is 0. The van der Waals surface area contributed by atoms with E-state index in [4.69, 9.17) is 0 Å². The predicted octanol–water partition coefficient (Wildman–Crippen LogP) is -1.58. The summed E-state index contributed by atoms with van der Waals surface area (Å²) in [6.07, 6.45) is 0. The number of rotatable bonds is 0. The molecule has 0 atom stereocenters. The molecule has 6 N–H and O–H groups in total. The molecule has 0 amide bonds. The van der Waals surface area contributed by atoms with Crippen LogP contribution in [0.5, 0.6) is 0 Å². The second-order valence-electron chi connectivity index (χ2n) is 0. The SMILES string of the molecule is O.O.O.[CH3-].[CH3-].[Fe].[Fe]. The summed E-state index contributed by atoms with van der Waals surface area (Å²) in [5.74, 6) is 0. The van der Waals surface area contributed by atoms with Gasteiger partial charge in [0.05, 0.1) is 0 Å². The summed E-state index contributed by atoms with van der Waals surface area (Å²) >= 11 is 0. The molecule has 0 aliphatic heterocycles. The van der Waals surface area contributed by atoms with Crippen molar-refractivity contribution < 1.29 is 50.6 Å². The van der Waals surface area contributed by atoms with Gasteiger partial charge in [0.2, 0.25) is 0 Å². The number of hydrogen-bond donors (Lipinski definition) is 0. The van der Waals surface area contributed by atoms with E-state index in [1.54, 1.807) is 0 Å². The standard InChI is InChI=1S/2CH3.2Fe.3H2O/h2*1H3;;;3*1H2/q2*-1;;;;;. The minimum absolute atomic E-state index is 0. The van der Waals surface area contributed by atoms with Gasteiger partial charge < -0.3 is 31.3 Å². The zero-order valence-corrected chi connectivity index (χ0v) is 6.42. The molecule has 3 nitrogen and oxygen atoms in total. The smallest absolute Gasteiger partial charge is 0 e. The van der Waals surface area contributed by atoms with Crippen LogP contribution < -0.4 is 0 Å². The van der Waals surface area contributed by atoms with Crippen LogP contribution in [0.25, 0.3) is 0 Å². The second kappa shape index (κ2) is 287. The van der Waals surface area contributed by atoms with E-state index in [1.165, 1.54) is 0 Å². The van der Waals surface area contributed by atoms with Gasteiger partial charge in [0.25, 0.3) is 0 Å². The van der Waals surface area contributed by atoms with E-state index in [0.717, 1.165) is 0 Å². The monoisotopic (exact) mass is 196 g/mol. The first-order valence-electron chi connectivity index (χ1n) is 0. The Kier molecular flexibility index (Phi) is 18400. The zero-order valence-electron chi connectivity index (χ0n) is 4.21. The third kappa shape index (κ3) is 198. The third-order valence-electron chi connectivity index (χ3n) is 0. The van der Waals surface area contributed by atoms with Crippen molar-refractivity contribution in [2.24, 2.45) is 0 Å². The molecular weight excluding hydrogens is 184 g/mol. The van der Waals surface area contributed by atoms with Crippen LogP contribution in [-0.2, 0) is 34.1 Å². The molecule has 0 spiro atoms. The van der Waals surface area contributed by atoms with Crippen LogP contribution in [0.2, 0.25) is 0 Å². The van der Waals surface area contributed by atoms with Gasteiger partial charge in [-0.2, -0.15) is 0 Å². The van der Waals surface area contributed by atoms with Crippen LogP contribution in [0.1, 0.15) is 0 Å². The van der Waals surface area contributed by atoms with Crippen LogP contribution in [0.4, 0.5) is 0 Å². The number of hydrogen-bond acceptors (Lipinski definition) is 0. The van der Waals surface area contributed by atoms with E-state index >= 15 is 0 Å². The minimum Gasteiger partial charge on any atom is -0.412 e.